The highest BCUT2D eigenvalue weighted by Gasteiger charge is 2.22. The van der Waals surface area contributed by atoms with Crippen molar-refractivity contribution in [2.75, 3.05) is 0 Å². The Morgan fingerprint density at radius 1 is 1.14 bits per heavy atom. The number of nitro benzene ring substituents is 1. The van der Waals surface area contributed by atoms with Gasteiger partial charge < -0.3 is 5.21 Å². The summed E-state index contributed by atoms with van der Waals surface area (Å²) in [5.74, 6) is 0. The standard InChI is InChI=1S/C14H12N4O3/c1-8-3-9(2)5-10(4-8)11-6-12-14(17(19)16-15-12)7-13(11)18(20)21/h3-7,16H,1-2H3. The van der Waals surface area contributed by atoms with Crippen LogP contribution in [0.15, 0.2) is 30.3 Å². The molecule has 0 radical (unpaired) electrons. The second-order valence-electron chi connectivity index (χ2n) is 5.00. The second-order valence-corrected chi connectivity index (χ2v) is 5.00. The summed E-state index contributed by atoms with van der Waals surface area (Å²) >= 11 is 0. The highest BCUT2D eigenvalue weighted by Crippen LogP contribution is 2.33. The van der Waals surface area contributed by atoms with Gasteiger partial charge in [-0.2, -0.15) is 4.85 Å². The van der Waals surface area contributed by atoms with Crippen molar-refractivity contribution in [3.8, 4) is 11.1 Å². The molecule has 0 atom stereocenters. The molecule has 3 rings (SSSR count). The predicted molar refractivity (Wildman–Crippen MR) is 76.6 cm³/mol. The van der Waals surface area contributed by atoms with Crippen molar-refractivity contribution in [1.29, 1.82) is 0 Å². The number of fused-ring (bicyclic) bond motifs is 1. The van der Waals surface area contributed by atoms with E-state index in [9.17, 15) is 15.3 Å². The smallest absolute Gasteiger partial charge is 0.281 e. The van der Waals surface area contributed by atoms with E-state index in [0.29, 0.717) is 15.9 Å². The average molecular weight is 284 g/mol. The van der Waals surface area contributed by atoms with Crippen LogP contribution in [0, 0.1) is 29.2 Å². The first-order valence-corrected chi connectivity index (χ1v) is 6.30. The lowest BCUT2D eigenvalue weighted by molar-refractivity contribution is -0.644. The van der Waals surface area contributed by atoms with Gasteiger partial charge in [0.2, 0.25) is 5.52 Å². The topological polar surface area (TPSA) is 98.8 Å². The fourth-order valence-corrected chi connectivity index (χ4v) is 2.48. The third kappa shape index (κ3) is 2.18. The number of rotatable bonds is 2. The molecule has 0 saturated heterocycles. The quantitative estimate of drug-likeness (QED) is 0.338. The highest BCUT2D eigenvalue weighted by molar-refractivity contribution is 5.86. The molecule has 1 aromatic heterocycles. The summed E-state index contributed by atoms with van der Waals surface area (Å²) < 4.78 is 0. The first-order valence-electron chi connectivity index (χ1n) is 6.30. The molecular weight excluding hydrogens is 272 g/mol. The Kier molecular flexibility index (Phi) is 2.83. The summed E-state index contributed by atoms with van der Waals surface area (Å²) in [6, 6.07) is 8.55. The van der Waals surface area contributed by atoms with Crippen molar-refractivity contribution >= 4 is 16.7 Å². The molecule has 106 valence electrons. The van der Waals surface area contributed by atoms with Crippen LogP contribution in [0.25, 0.3) is 22.2 Å². The van der Waals surface area contributed by atoms with Gasteiger partial charge in [0.05, 0.1) is 16.6 Å². The summed E-state index contributed by atoms with van der Waals surface area (Å²) in [6.07, 6.45) is 0. The molecule has 0 saturated carbocycles. The number of nitro groups is 1. The van der Waals surface area contributed by atoms with Crippen LogP contribution >= 0.6 is 0 Å². The minimum atomic E-state index is -0.487. The third-order valence-corrected chi connectivity index (χ3v) is 3.30. The van der Waals surface area contributed by atoms with Gasteiger partial charge in [-0.3, -0.25) is 10.1 Å². The number of hydrogen-bond donors (Lipinski definition) is 1. The average Bonchev–Trinajstić information content (AvgIpc) is 2.77. The molecule has 3 aromatic rings. The molecule has 0 aliphatic heterocycles. The second kappa shape index (κ2) is 4.55. The predicted octanol–water partition coefficient (Wildman–Crippen LogP) is 2.39. The van der Waals surface area contributed by atoms with E-state index in [4.69, 9.17) is 0 Å². The molecule has 0 amide bonds. The Balaban J connectivity index is 2.34. The van der Waals surface area contributed by atoms with Gasteiger partial charge in [0, 0.05) is 11.2 Å². The summed E-state index contributed by atoms with van der Waals surface area (Å²) in [6.45, 7) is 3.86. The maximum Gasteiger partial charge on any atom is 0.281 e. The normalized spacial score (nSPS) is 11.0. The van der Waals surface area contributed by atoms with Crippen molar-refractivity contribution in [2.24, 2.45) is 0 Å². The molecule has 0 unspecified atom stereocenters. The first kappa shape index (κ1) is 13.0. The van der Waals surface area contributed by atoms with E-state index in [1.807, 2.05) is 32.0 Å². The minimum Gasteiger partial charge on any atom is -0.692 e. The Hall–Kier alpha value is -2.96. The number of aryl methyl sites for hydroxylation is 2. The molecule has 2 aromatic carbocycles. The third-order valence-electron chi connectivity index (χ3n) is 3.30. The van der Waals surface area contributed by atoms with E-state index >= 15 is 0 Å². The number of hydrogen-bond acceptors (Lipinski definition) is 4. The van der Waals surface area contributed by atoms with Crippen LogP contribution < -0.4 is 4.85 Å². The van der Waals surface area contributed by atoms with Crippen molar-refractivity contribution in [3.63, 3.8) is 0 Å². The van der Waals surface area contributed by atoms with Crippen LogP contribution in [0.5, 0.6) is 0 Å². The van der Waals surface area contributed by atoms with Crippen molar-refractivity contribution < 1.29 is 9.77 Å². The van der Waals surface area contributed by atoms with E-state index in [-0.39, 0.29) is 11.2 Å². The Morgan fingerprint density at radius 2 is 1.81 bits per heavy atom. The van der Waals surface area contributed by atoms with Crippen molar-refractivity contribution in [3.05, 3.63) is 56.8 Å². The summed E-state index contributed by atoms with van der Waals surface area (Å²) in [5.41, 5.74) is 3.65. The summed E-state index contributed by atoms with van der Waals surface area (Å²) in [4.78, 5) is 11.2. The lowest BCUT2D eigenvalue weighted by atomic mass is 9.99. The van der Waals surface area contributed by atoms with E-state index in [0.717, 1.165) is 16.7 Å². The molecule has 0 spiro atoms. The fourth-order valence-electron chi connectivity index (χ4n) is 2.48. The SMILES string of the molecule is Cc1cc(C)cc(-c2cc3n[nH][n+]([O-])c3cc2[N+](=O)[O-])c1. The van der Waals surface area contributed by atoms with Gasteiger partial charge in [0.15, 0.2) is 0 Å². The van der Waals surface area contributed by atoms with Crippen LogP contribution in [0.2, 0.25) is 0 Å². The van der Waals surface area contributed by atoms with E-state index < -0.39 is 4.92 Å². The molecule has 0 bridgehead atoms. The van der Waals surface area contributed by atoms with Crippen molar-refractivity contribution in [2.45, 2.75) is 13.8 Å². The zero-order valence-corrected chi connectivity index (χ0v) is 11.5. The van der Waals surface area contributed by atoms with Crippen LogP contribution in [0.1, 0.15) is 11.1 Å². The van der Waals surface area contributed by atoms with Gasteiger partial charge in [0.1, 0.15) is 0 Å². The maximum atomic E-state index is 11.5. The molecular formula is C14H12N4O3. The molecule has 7 nitrogen and oxygen atoms in total. The maximum absolute atomic E-state index is 11.5. The van der Waals surface area contributed by atoms with Gasteiger partial charge in [-0.05, 0) is 19.4 Å². The number of benzene rings is 2. The van der Waals surface area contributed by atoms with E-state index in [1.165, 1.54) is 6.07 Å². The number of aromatic nitrogens is 3. The van der Waals surface area contributed by atoms with Gasteiger partial charge in [0.25, 0.3) is 11.2 Å². The monoisotopic (exact) mass is 284 g/mol. The zero-order chi connectivity index (χ0) is 15.1. The Labute approximate surface area is 119 Å². The first-order chi connectivity index (χ1) is 9.95. The molecule has 1 heterocycles. The van der Waals surface area contributed by atoms with Gasteiger partial charge >= 0.3 is 0 Å². The highest BCUT2D eigenvalue weighted by atomic mass is 16.6. The molecule has 7 heteroatoms. The van der Waals surface area contributed by atoms with Crippen molar-refractivity contribution in [1.82, 2.24) is 10.3 Å². The number of nitrogens with one attached hydrogen (secondary N) is 1. The molecule has 0 fully saturated rings. The number of aromatic amines is 1. The largest absolute Gasteiger partial charge is 0.692 e. The molecule has 21 heavy (non-hydrogen) atoms. The molecule has 0 aliphatic carbocycles. The van der Waals surface area contributed by atoms with E-state index in [2.05, 4.69) is 10.3 Å². The Bertz CT molecular complexity index is 850. The Morgan fingerprint density at radius 3 is 2.43 bits per heavy atom. The number of H-pyrrole nitrogens is 1. The lowest BCUT2D eigenvalue weighted by Crippen LogP contribution is -2.27. The van der Waals surface area contributed by atoms with Crippen LogP contribution in [0.3, 0.4) is 0 Å². The molecule has 0 aliphatic rings. The molecule has 1 N–H and O–H groups in total. The fraction of sp³-hybridized carbons (Fsp3) is 0.143. The van der Waals surface area contributed by atoms with Gasteiger partial charge in [-0.25, -0.2) is 0 Å². The van der Waals surface area contributed by atoms with Gasteiger partial charge in [-0.15, -0.1) is 0 Å². The summed E-state index contributed by atoms with van der Waals surface area (Å²) in [5, 5.41) is 28.9. The lowest BCUT2D eigenvalue weighted by Gasteiger charge is -2.06. The number of nitrogens with zero attached hydrogens (tertiary/aromatic N) is 3. The van der Waals surface area contributed by atoms with Crippen LogP contribution in [-0.4, -0.2) is 15.2 Å². The van der Waals surface area contributed by atoms with Crippen LogP contribution in [0.4, 0.5) is 5.69 Å². The summed E-state index contributed by atoms with van der Waals surface area (Å²) in [7, 11) is 0. The van der Waals surface area contributed by atoms with E-state index in [1.54, 1.807) is 6.07 Å². The zero-order valence-electron chi connectivity index (χ0n) is 11.5. The van der Waals surface area contributed by atoms with Crippen LogP contribution in [-0.2, 0) is 0 Å². The van der Waals surface area contributed by atoms with Gasteiger partial charge in [-0.1, -0.05) is 34.5 Å². The minimum absolute atomic E-state index is 0.112.